The van der Waals surface area contributed by atoms with Crippen LogP contribution in [0.15, 0.2) is 12.4 Å². The number of hydrogen-bond acceptors (Lipinski definition) is 2. The zero-order valence-corrected chi connectivity index (χ0v) is 21.9. The summed E-state index contributed by atoms with van der Waals surface area (Å²) in [5.41, 5.74) is 0. The van der Waals surface area contributed by atoms with Crippen LogP contribution >= 0.6 is 0 Å². The first-order valence-corrected chi connectivity index (χ1v) is 14.5. The van der Waals surface area contributed by atoms with Gasteiger partial charge in [0, 0.05) is 25.5 Å². The summed E-state index contributed by atoms with van der Waals surface area (Å²) in [5.74, 6) is 0. The van der Waals surface area contributed by atoms with Gasteiger partial charge < -0.3 is 9.80 Å². The third kappa shape index (κ3) is 14.9. The summed E-state index contributed by atoms with van der Waals surface area (Å²) in [6.07, 6.45) is 35.1. The lowest BCUT2D eigenvalue weighted by Gasteiger charge is -2.33. The highest BCUT2D eigenvalue weighted by Gasteiger charge is 2.24. The van der Waals surface area contributed by atoms with Crippen molar-refractivity contribution in [2.75, 3.05) is 13.1 Å². The van der Waals surface area contributed by atoms with Crippen molar-refractivity contribution in [1.82, 2.24) is 9.80 Å². The van der Waals surface area contributed by atoms with Crippen LogP contribution in [-0.2, 0) is 0 Å². The second kappa shape index (κ2) is 21.2. The molecule has 0 saturated heterocycles. The van der Waals surface area contributed by atoms with Crippen molar-refractivity contribution < 1.29 is 0 Å². The van der Waals surface area contributed by atoms with Gasteiger partial charge in [0.05, 0.1) is 0 Å². The molecule has 184 valence electrons. The van der Waals surface area contributed by atoms with Gasteiger partial charge in [-0.25, -0.2) is 0 Å². The fourth-order valence-corrected chi connectivity index (χ4v) is 4.98. The first-order chi connectivity index (χ1) is 15.3. The lowest BCUT2D eigenvalue weighted by molar-refractivity contribution is 0.138. The number of nitrogens with zero attached hydrogens (tertiary/aromatic N) is 2. The molecule has 1 aliphatic heterocycles. The van der Waals surface area contributed by atoms with Crippen molar-refractivity contribution in [2.45, 2.75) is 162 Å². The van der Waals surface area contributed by atoms with E-state index in [0.717, 1.165) is 0 Å². The summed E-state index contributed by atoms with van der Waals surface area (Å²) in [6, 6.07) is 0. The molecule has 2 nitrogen and oxygen atoms in total. The monoisotopic (exact) mass is 434 g/mol. The van der Waals surface area contributed by atoms with E-state index in [4.69, 9.17) is 0 Å². The molecule has 0 amide bonds. The van der Waals surface area contributed by atoms with Crippen LogP contribution in [0.25, 0.3) is 0 Å². The summed E-state index contributed by atoms with van der Waals surface area (Å²) in [4.78, 5) is 5.27. The van der Waals surface area contributed by atoms with Gasteiger partial charge in [0.2, 0.25) is 0 Å². The minimum atomic E-state index is 0.637. The van der Waals surface area contributed by atoms with Gasteiger partial charge in [-0.05, 0) is 19.3 Å². The SMILES string of the molecule is CCCCCCCCCCCCCCCN1C=CN(CCCCCCCC)C1CCC. The van der Waals surface area contributed by atoms with Gasteiger partial charge in [0.1, 0.15) is 6.17 Å². The zero-order valence-electron chi connectivity index (χ0n) is 21.9. The Morgan fingerprint density at radius 2 is 0.742 bits per heavy atom. The van der Waals surface area contributed by atoms with Crippen LogP contribution in [0.4, 0.5) is 0 Å². The van der Waals surface area contributed by atoms with E-state index in [0.29, 0.717) is 6.17 Å². The van der Waals surface area contributed by atoms with Gasteiger partial charge in [0.15, 0.2) is 0 Å². The van der Waals surface area contributed by atoms with E-state index in [1.807, 2.05) is 0 Å². The summed E-state index contributed by atoms with van der Waals surface area (Å²) >= 11 is 0. The van der Waals surface area contributed by atoms with E-state index in [-0.39, 0.29) is 0 Å². The van der Waals surface area contributed by atoms with Crippen molar-refractivity contribution in [3.63, 3.8) is 0 Å². The fourth-order valence-electron chi connectivity index (χ4n) is 4.98. The van der Waals surface area contributed by atoms with E-state index >= 15 is 0 Å². The summed E-state index contributed by atoms with van der Waals surface area (Å²) < 4.78 is 0. The summed E-state index contributed by atoms with van der Waals surface area (Å²) in [7, 11) is 0. The maximum absolute atomic E-state index is 2.64. The molecule has 0 aromatic rings. The number of unbranched alkanes of at least 4 members (excludes halogenated alkanes) is 17. The van der Waals surface area contributed by atoms with Gasteiger partial charge in [-0.15, -0.1) is 0 Å². The predicted octanol–water partition coefficient (Wildman–Crippen LogP) is 9.65. The van der Waals surface area contributed by atoms with Crippen molar-refractivity contribution in [1.29, 1.82) is 0 Å². The molecule has 0 aromatic carbocycles. The molecule has 0 fully saturated rings. The Labute approximate surface area is 197 Å². The Balaban J connectivity index is 2.00. The normalized spacial score (nSPS) is 16.0. The summed E-state index contributed by atoms with van der Waals surface area (Å²) in [5, 5.41) is 0. The molecule has 1 unspecified atom stereocenters. The topological polar surface area (TPSA) is 6.48 Å². The molecule has 0 spiro atoms. The minimum Gasteiger partial charge on any atom is -0.356 e. The van der Waals surface area contributed by atoms with Crippen LogP contribution in [-0.4, -0.2) is 29.1 Å². The lowest BCUT2D eigenvalue weighted by atomic mass is 10.0. The van der Waals surface area contributed by atoms with Crippen molar-refractivity contribution in [3.8, 4) is 0 Å². The van der Waals surface area contributed by atoms with E-state index in [1.54, 1.807) is 0 Å². The minimum absolute atomic E-state index is 0.637. The fraction of sp³-hybridized carbons (Fsp3) is 0.931. The molecule has 1 rings (SSSR count). The molecule has 0 aliphatic carbocycles. The molecular formula is C29H58N2. The third-order valence-corrected chi connectivity index (χ3v) is 7.05. The smallest absolute Gasteiger partial charge is 0.101 e. The highest BCUT2D eigenvalue weighted by atomic mass is 15.4. The Kier molecular flexibility index (Phi) is 19.4. The average Bonchev–Trinajstić information content (AvgIpc) is 3.15. The van der Waals surface area contributed by atoms with E-state index < -0.39 is 0 Å². The average molecular weight is 435 g/mol. The molecule has 0 N–H and O–H groups in total. The molecule has 1 aliphatic rings. The van der Waals surface area contributed by atoms with Crippen LogP contribution in [0.2, 0.25) is 0 Å². The van der Waals surface area contributed by atoms with Gasteiger partial charge >= 0.3 is 0 Å². The van der Waals surface area contributed by atoms with Crippen LogP contribution in [0.3, 0.4) is 0 Å². The molecule has 0 saturated carbocycles. The Bertz CT molecular complexity index is 392. The second-order valence-electron chi connectivity index (χ2n) is 10.1. The standard InChI is InChI=1S/C29H58N2/c1-4-7-9-11-13-14-15-16-17-18-19-21-23-26-31-28-27-30(29(31)24-6-3)25-22-20-12-10-8-5-2/h27-29H,4-26H2,1-3H3. The molecule has 0 aromatic heterocycles. The molecule has 1 heterocycles. The first kappa shape index (κ1) is 28.4. The number of hydrogen-bond donors (Lipinski definition) is 0. The van der Waals surface area contributed by atoms with Crippen molar-refractivity contribution in [2.24, 2.45) is 0 Å². The molecule has 1 atom stereocenters. The maximum atomic E-state index is 2.64. The third-order valence-electron chi connectivity index (χ3n) is 7.05. The van der Waals surface area contributed by atoms with Gasteiger partial charge in [-0.1, -0.05) is 136 Å². The van der Waals surface area contributed by atoms with Crippen LogP contribution in [0, 0.1) is 0 Å². The van der Waals surface area contributed by atoms with Crippen LogP contribution in [0.5, 0.6) is 0 Å². The largest absolute Gasteiger partial charge is 0.356 e. The van der Waals surface area contributed by atoms with Crippen LogP contribution < -0.4 is 0 Å². The first-order valence-electron chi connectivity index (χ1n) is 14.5. The number of rotatable bonds is 23. The van der Waals surface area contributed by atoms with Gasteiger partial charge in [-0.2, -0.15) is 0 Å². The molecule has 0 bridgehead atoms. The van der Waals surface area contributed by atoms with Gasteiger partial charge in [-0.3, -0.25) is 0 Å². The van der Waals surface area contributed by atoms with Crippen molar-refractivity contribution in [3.05, 3.63) is 12.4 Å². The quantitative estimate of drug-likeness (QED) is 0.148. The Morgan fingerprint density at radius 3 is 1.06 bits per heavy atom. The van der Waals surface area contributed by atoms with E-state index in [1.165, 1.54) is 148 Å². The maximum Gasteiger partial charge on any atom is 0.101 e. The lowest BCUT2D eigenvalue weighted by Crippen LogP contribution is -2.39. The van der Waals surface area contributed by atoms with E-state index in [9.17, 15) is 0 Å². The highest BCUT2D eigenvalue weighted by Crippen LogP contribution is 2.22. The molecular weight excluding hydrogens is 376 g/mol. The predicted molar refractivity (Wildman–Crippen MR) is 140 cm³/mol. The Morgan fingerprint density at radius 1 is 0.419 bits per heavy atom. The van der Waals surface area contributed by atoms with Gasteiger partial charge in [0.25, 0.3) is 0 Å². The second-order valence-corrected chi connectivity index (χ2v) is 10.1. The molecule has 2 heteroatoms. The molecule has 31 heavy (non-hydrogen) atoms. The van der Waals surface area contributed by atoms with Crippen LogP contribution in [0.1, 0.15) is 156 Å². The molecule has 0 radical (unpaired) electrons. The van der Waals surface area contributed by atoms with E-state index in [2.05, 4.69) is 43.0 Å². The van der Waals surface area contributed by atoms with Crippen molar-refractivity contribution >= 4 is 0 Å². The zero-order chi connectivity index (χ0) is 22.4. The Hall–Kier alpha value is -0.660. The highest BCUT2D eigenvalue weighted by molar-refractivity contribution is 4.96. The summed E-state index contributed by atoms with van der Waals surface area (Å²) in [6.45, 7) is 9.45.